The molecule has 0 bridgehead atoms. The third-order valence-corrected chi connectivity index (χ3v) is 7.12. The number of nitrogens with zero attached hydrogens (tertiary/aromatic N) is 2. The number of fused-ring (bicyclic) bond motifs is 1. The summed E-state index contributed by atoms with van der Waals surface area (Å²) in [5, 5.41) is 21.7. The zero-order valence-electron chi connectivity index (χ0n) is 23.2. The van der Waals surface area contributed by atoms with Gasteiger partial charge in [-0.1, -0.05) is 29.8 Å². The lowest BCUT2D eigenvalue weighted by molar-refractivity contribution is -0.140. The number of carboxylic acid groups (broad SMARTS) is 1. The molecule has 0 unspecified atom stereocenters. The van der Waals surface area contributed by atoms with Crippen molar-refractivity contribution in [1.29, 1.82) is 0 Å². The van der Waals surface area contributed by atoms with E-state index in [2.05, 4.69) is 15.3 Å². The van der Waals surface area contributed by atoms with E-state index in [1.807, 2.05) is 13.0 Å². The highest BCUT2D eigenvalue weighted by molar-refractivity contribution is 6.31. The Morgan fingerprint density at radius 1 is 1.12 bits per heavy atom. The minimum absolute atomic E-state index is 0.0238. The Hall–Kier alpha value is -4.45. The van der Waals surface area contributed by atoms with Crippen molar-refractivity contribution in [2.75, 3.05) is 19.8 Å². The predicted octanol–water partition coefficient (Wildman–Crippen LogP) is 4.71. The number of rotatable bonds is 12. The number of aromatic nitrogens is 2. The number of hydrogen-bond acceptors (Lipinski definition) is 9. The molecule has 43 heavy (non-hydrogen) atoms. The van der Waals surface area contributed by atoms with E-state index >= 15 is 4.39 Å². The van der Waals surface area contributed by atoms with E-state index in [4.69, 9.17) is 30.5 Å². The van der Waals surface area contributed by atoms with Gasteiger partial charge in [0.05, 0.1) is 11.6 Å². The molecule has 1 atom stereocenters. The molecule has 2 aromatic heterocycles. The normalized spacial score (nSPS) is 12.9. The fourth-order valence-corrected chi connectivity index (χ4v) is 4.72. The van der Waals surface area contributed by atoms with Gasteiger partial charge < -0.3 is 29.2 Å². The molecule has 0 radical (unpaired) electrons. The number of ether oxygens (including phenoxy) is 4. The lowest BCUT2D eigenvalue weighted by Crippen LogP contribution is -2.39. The SMILES string of the molecule is Cc1c(OCc2nc(OCc3cccnc3)c(CN[C@@H](CO)C(=O)O)cc2Cl)cccc1-c1ccc2c(c1F)OCCO2. The highest BCUT2D eigenvalue weighted by Crippen LogP contribution is 2.41. The lowest BCUT2D eigenvalue weighted by atomic mass is 9.98. The topological polar surface area (TPSA) is 132 Å². The van der Waals surface area contributed by atoms with Gasteiger partial charge in [-0.15, -0.1) is 0 Å². The number of hydrogen-bond donors (Lipinski definition) is 3. The van der Waals surface area contributed by atoms with Crippen LogP contribution in [0, 0.1) is 12.7 Å². The molecule has 4 aromatic rings. The number of nitrogens with one attached hydrogen (secondary N) is 1. The van der Waals surface area contributed by atoms with Crippen molar-refractivity contribution in [2.45, 2.75) is 32.7 Å². The second kappa shape index (κ2) is 13.7. The zero-order valence-corrected chi connectivity index (χ0v) is 23.9. The second-order valence-electron chi connectivity index (χ2n) is 9.65. The molecule has 3 N–H and O–H groups in total. The number of aliphatic hydroxyl groups excluding tert-OH is 1. The molecule has 12 heteroatoms. The van der Waals surface area contributed by atoms with Gasteiger partial charge in [-0.3, -0.25) is 15.1 Å². The summed E-state index contributed by atoms with van der Waals surface area (Å²) in [6, 6.07) is 12.7. The Labute approximate surface area is 252 Å². The number of benzene rings is 2. The molecule has 0 saturated carbocycles. The van der Waals surface area contributed by atoms with Crippen molar-refractivity contribution >= 4 is 17.6 Å². The number of carbonyl (C=O) groups is 1. The Morgan fingerprint density at radius 3 is 2.72 bits per heavy atom. The van der Waals surface area contributed by atoms with Crippen LogP contribution in [-0.2, 0) is 24.6 Å². The number of halogens is 2. The van der Waals surface area contributed by atoms with Gasteiger partial charge in [0.25, 0.3) is 0 Å². The first-order valence-electron chi connectivity index (χ1n) is 13.4. The predicted molar refractivity (Wildman–Crippen MR) is 155 cm³/mol. The highest BCUT2D eigenvalue weighted by Gasteiger charge is 2.22. The summed E-state index contributed by atoms with van der Waals surface area (Å²) in [6.45, 7) is 2.02. The largest absolute Gasteiger partial charge is 0.487 e. The van der Waals surface area contributed by atoms with Crippen LogP contribution in [0.5, 0.6) is 23.1 Å². The molecular weight excluding hydrogens is 581 g/mol. The first-order valence-corrected chi connectivity index (χ1v) is 13.8. The third-order valence-electron chi connectivity index (χ3n) is 6.79. The van der Waals surface area contributed by atoms with Crippen LogP contribution in [-0.4, -0.2) is 52.0 Å². The van der Waals surface area contributed by atoms with Gasteiger partial charge in [-0.25, -0.2) is 9.37 Å². The van der Waals surface area contributed by atoms with Crippen LogP contribution < -0.4 is 24.3 Å². The van der Waals surface area contributed by atoms with Crippen molar-refractivity contribution in [3.05, 3.63) is 94.1 Å². The standard InChI is InChI=1S/C31H29ClFN3O7/c1-18-21(22-7-8-27-29(28(22)33)41-11-10-40-27)5-2-6-26(18)42-17-25-23(32)12-20(14-35-24(15-37)31(38)39)30(36-25)43-16-19-4-3-9-34-13-19/h2-9,12-13,24,35,37H,10-11,14-17H2,1H3,(H,38,39)/t24-/m0/s1. The first-order chi connectivity index (χ1) is 20.9. The van der Waals surface area contributed by atoms with Crippen LogP contribution in [0.1, 0.15) is 22.4 Å². The first kappa shape index (κ1) is 30.0. The Bertz CT molecular complexity index is 1610. The van der Waals surface area contributed by atoms with E-state index < -0.39 is 24.4 Å². The van der Waals surface area contributed by atoms with Gasteiger partial charge in [0.1, 0.15) is 43.9 Å². The van der Waals surface area contributed by atoms with Crippen molar-refractivity contribution in [3.63, 3.8) is 0 Å². The maximum absolute atomic E-state index is 15.4. The molecule has 1 aliphatic heterocycles. The fourth-order valence-electron chi connectivity index (χ4n) is 4.50. The third kappa shape index (κ3) is 6.96. The highest BCUT2D eigenvalue weighted by atomic mass is 35.5. The lowest BCUT2D eigenvalue weighted by Gasteiger charge is -2.21. The minimum Gasteiger partial charge on any atom is -0.487 e. The van der Waals surface area contributed by atoms with E-state index in [-0.39, 0.29) is 43.0 Å². The molecular formula is C31H29ClFN3O7. The molecule has 0 aliphatic carbocycles. The average molecular weight is 610 g/mol. The van der Waals surface area contributed by atoms with Crippen LogP contribution >= 0.6 is 11.6 Å². The van der Waals surface area contributed by atoms with Gasteiger partial charge in [0, 0.05) is 35.6 Å². The summed E-state index contributed by atoms with van der Waals surface area (Å²) in [4.78, 5) is 20.0. The molecule has 0 saturated heterocycles. The van der Waals surface area contributed by atoms with Crippen LogP contribution in [0.4, 0.5) is 4.39 Å². The second-order valence-corrected chi connectivity index (χ2v) is 10.1. The van der Waals surface area contributed by atoms with Crippen molar-refractivity contribution in [1.82, 2.24) is 15.3 Å². The molecule has 0 spiro atoms. The molecule has 0 fully saturated rings. The van der Waals surface area contributed by atoms with E-state index in [1.54, 1.807) is 54.9 Å². The Morgan fingerprint density at radius 2 is 1.95 bits per heavy atom. The smallest absolute Gasteiger partial charge is 0.323 e. The monoisotopic (exact) mass is 609 g/mol. The van der Waals surface area contributed by atoms with Crippen LogP contribution in [0.15, 0.2) is 60.9 Å². The summed E-state index contributed by atoms with van der Waals surface area (Å²) in [6.07, 6.45) is 3.30. The average Bonchev–Trinajstić information content (AvgIpc) is 3.02. The number of aliphatic carboxylic acids is 1. The van der Waals surface area contributed by atoms with Crippen LogP contribution in [0.3, 0.4) is 0 Å². The maximum atomic E-state index is 15.4. The summed E-state index contributed by atoms with van der Waals surface area (Å²) in [5.41, 5.74) is 3.35. The Kier molecular flexibility index (Phi) is 9.55. The Balaban J connectivity index is 1.38. The molecule has 3 heterocycles. The molecule has 2 aromatic carbocycles. The van der Waals surface area contributed by atoms with Gasteiger partial charge in [0.2, 0.25) is 5.88 Å². The van der Waals surface area contributed by atoms with E-state index in [9.17, 15) is 15.0 Å². The van der Waals surface area contributed by atoms with Crippen LogP contribution in [0.2, 0.25) is 5.02 Å². The number of aliphatic hydroxyl groups is 1. The fraction of sp³-hybridized carbons (Fsp3) is 0.258. The molecule has 5 rings (SSSR count). The van der Waals surface area contributed by atoms with E-state index in [1.165, 1.54) is 0 Å². The molecule has 10 nitrogen and oxygen atoms in total. The molecule has 0 amide bonds. The molecule has 1 aliphatic rings. The van der Waals surface area contributed by atoms with Crippen LogP contribution in [0.25, 0.3) is 11.1 Å². The van der Waals surface area contributed by atoms with Crippen molar-refractivity contribution in [2.24, 2.45) is 0 Å². The molecule has 224 valence electrons. The van der Waals surface area contributed by atoms with Gasteiger partial charge in [0.15, 0.2) is 17.3 Å². The van der Waals surface area contributed by atoms with Gasteiger partial charge in [-0.05, 0) is 48.4 Å². The van der Waals surface area contributed by atoms with Gasteiger partial charge in [-0.2, -0.15) is 0 Å². The van der Waals surface area contributed by atoms with Gasteiger partial charge >= 0.3 is 5.97 Å². The zero-order chi connectivity index (χ0) is 30.3. The van der Waals surface area contributed by atoms with E-state index in [0.29, 0.717) is 46.1 Å². The van der Waals surface area contributed by atoms with E-state index in [0.717, 1.165) is 5.56 Å². The summed E-state index contributed by atoms with van der Waals surface area (Å²) >= 11 is 6.57. The summed E-state index contributed by atoms with van der Waals surface area (Å²) in [7, 11) is 0. The maximum Gasteiger partial charge on any atom is 0.323 e. The minimum atomic E-state index is -1.20. The quantitative estimate of drug-likeness (QED) is 0.207. The number of pyridine rings is 2. The van der Waals surface area contributed by atoms with Crippen molar-refractivity contribution in [3.8, 4) is 34.3 Å². The summed E-state index contributed by atoms with van der Waals surface area (Å²) in [5.74, 6) is -0.530. The van der Waals surface area contributed by atoms with Crippen molar-refractivity contribution < 1.29 is 38.3 Å². The number of carboxylic acids is 1. The summed E-state index contributed by atoms with van der Waals surface area (Å²) < 4.78 is 38.4.